The van der Waals surface area contributed by atoms with Gasteiger partial charge in [0.15, 0.2) is 0 Å². The molecule has 1 aliphatic carbocycles. The van der Waals surface area contributed by atoms with Crippen molar-refractivity contribution in [3.8, 4) is 11.8 Å². The normalized spacial score (nSPS) is 17.2. The fourth-order valence-corrected chi connectivity index (χ4v) is 3.39. The Morgan fingerprint density at radius 2 is 2.07 bits per heavy atom. The molecule has 1 aromatic rings. The van der Waals surface area contributed by atoms with Crippen LogP contribution in [-0.2, 0) is 0 Å². The molecule has 0 unspecified atom stereocenters. The molecule has 0 saturated heterocycles. The molecule has 15 heavy (non-hydrogen) atoms. The first-order valence-corrected chi connectivity index (χ1v) is 7.21. The molecular weight excluding hydrogens is 292 g/mol. The summed E-state index contributed by atoms with van der Waals surface area (Å²) in [5, 5.41) is 0.771. The van der Waals surface area contributed by atoms with E-state index in [4.69, 9.17) is 11.6 Å². The molecule has 0 spiro atoms. The second-order valence-electron chi connectivity index (χ2n) is 3.84. The summed E-state index contributed by atoms with van der Waals surface area (Å²) in [7, 11) is 0. The Labute approximate surface area is 108 Å². The molecule has 1 fully saturated rings. The minimum absolute atomic E-state index is 0.610. The maximum atomic E-state index is 5.95. The first-order valence-electron chi connectivity index (χ1n) is 5.22. The number of halogens is 2. The highest BCUT2D eigenvalue weighted by Gasteiger charge is 2.10. The van der Waals surface area contributed by atoms with Gasteiger partial charge >= 0.3 is 0 Å². The topological polar surface area (TPSA) is 0 Å². The summed E-state index contributed by atoms with van der Waals surface area (Å²) in [4.78, 5) is 1.07. The van der Waals surface area contributed by atoms with Crippen LogP contribution in [0.5, 0.6) is 0 Å². The van der Waals surface area contributed by atoms with Gasteiger partial charge in [0.2, 0.25) is 0 Å². The van der Waals surface area contributed by atoms with E-state index >= 15 is 0 Å². The highest BCUT2D eigenvalue weighted by molar-refractivity contribution is 9.11. The van der Waals surface area contributed by atoms with Gasteiger partial charge in [0, 0.05) is 5.92 Å². The Bertz CT molecular complexity index is 374. The Kier molecular flexibility index (Phi) is 4.13. The first-order chi connectivity index (χ1) is 7.25. The van der Waals surface area contributed by atoms with Crippen molar-refractivity contribution in [1.29, 1.82) is 0 Å². The van der Waals surface area contributed by atoms with Crippen LogP contribution in [0.1, 0.15) is 37.0 Å². The molecule has 3 heteroatoms. The van der Waals surface area contributed by atoms with E-state index in [0.717, 1.165) is 13.7 Å². The summed E-state index contributed by atoms with van der Waals surface area (Å²) in [6, 6.07) is 1.94. The van der Waals surface area contributed by atoms with Crippen molar-refractivity contribution in [3.05, 3.63) is 19.8 Å². The Hall–Kier alpha value is 0.0300. The molecule has 2 rings (SSSR count). The standard InChI is InChI=1S/C12H12BrClS/c13-12-11(14)8-10(15-12)7-6-9-4-2-1-3-5-9/h8-9H,1-5H2. The molecule has 0 atom stereocenters. The summed E-state index contributed by atoms with van der Waals surface area (Å²) >= 11 is 11.0. The fraction of sp³-hybridized carbons (Fsp3) is 0.500. The van der Waals surface area contributed by atoms with Crippen molar-refractivity contribution < 1.29 is 0 Å². The zero-order chi connectivity index (χ0) is 10.7. The molecule has 0 radical (unpaired) electrons. The zero-order valence-electron chi connectivity index (χ0n) is 8.35. The minimum atomic E-state index is 0.610. The van der Waals surface area contributed by atoms with E-state index in [0.29, 0.717) is 5.92 Å². The van der Waals surface area contributed by atoms with Gasteiger partial charge < -0.3 is 0 Å². The Morgan fingerprint density at radius 3 is 2.67 bits per heavy atom. The molecule has 0 aliphatic heterocycles. The van der Waals surface area contributed by atoms with Gasteiger partial charge in [-0.3, -0.25) is 0 Å². The monoisotopic (exact) mass is 302 g/mol. The summed E-state index contributed by atoms with van der Waals surface area (Å²) in [6.45, 7) is 0. The van der Waals surface area contributed by atoms with Crippen LogP contribution >= 0.6 is 38.9 Å². The quantitative estimate of drug-likeness (QED) is 0.585. The van der Waals surface area contributed by atoms with Gasteiger partial charge in [-0.05, 0) is 34.8 Å². The van der Waals surface area contributed by atoms with E-state index in [2.05, 4.69) is 27.8 Å². The van der Waals surface area contributed by atoms with Crippen LogP contribution in [0.4, 0.5) is 0 Å². The first kappa shape index (κ1) is 11.5. The largest absolute Gasteiger partial charge is 0.118 e. The lowest BCUT2D eigenvalue weighted by molar-refractivity contribution is 0.430. The molecule has 1 aliphatic rings. The molecule has 80 valence electrons. The van der Waals surface area contributed by atoms with Crippen molar-refractivity contribution in [1.82, 2.24) is 0 Å². The van der Waals surface area contributed by atoms with Crippen LogP contribution in [0.15, 0.2) is 9.85 Å². The maximum absolute atomic E-state index is 5.95. The van der Waals surface area contributed by atoms with E-state index in [1.165, 1.54) is 32.1 Å². The summed E-state index contributed by atoms with van der Waals surface area (Å²) in [5.41, 5.74) is 0. The van der Waals surface area contributed by atoms with Crippen LogP contribution in [-0.4, -0.2) is 0 Å². The molecule has 0 nitrogen and oxygen atoms in total. The van der Waals surface area contributed by atoms with E-state index in [9.17, 15) is 0 Å². The van der Waals surface area contributed by atoms with Crippen molar-refractivity contribution in [3.63, 3.8) is 0 Å². The van der Waals surface area contributed by atoms with Gasteiger partial charge in [-0.25, -0.2) is 0 Å². The third-order valence-electron chi connectivity index (χ3n) is 2.65. The van der Waals surface area contributed by atoms with Crippen molar-refractivity contribution in [2.45, 2.75) is 32.1 Å². The van der Waals surface area contributed by atoms with Gasteiger partial charge in [-0.1, -0.05) is 42.7 Å². The summed E-state index contributed by atoms with van der Waals surface area (Å²) in [6.07, 6.45) is 6.61. The molecule has 0 N–H and O–H groups in total. The van der Waals surface area contributed by atoms with E-state index in [1.54, 1.807) is 11.3 Å². The molecule has 0 aromatic carbocycles. The lowest BCUT2D eigenvalue weighted by Gasteiger charge is -2.15. The number of hydrogen-bond donors (Lipinski definition) is 0. The Balaban J connectivity index is 2.03. The summed E-state index contributed by atoms with van der Waals surface area (Å²) in [5.74, 6) is 7.20. The van der Waals surface area contributed by atoms with Gasteiger partial charge in [0.1, 0.15) is 0 Å². The van der Waals surface area contributed by atoms with Crippen molar-refractivity contribution >= 4 is 38.9 Å². The summed E-state index contributed by atoms with van der Waals surface area (Å²) < 4.78 is 0.983. The predicted molar refractivity (Wildman–Crippen MR) is 70.5 cm³/mol. The van der Waals surface area contributed by atoms with Crippen LogP contribution in [0.25, 0.3) is 0 Å². The SMILES string of the molecule is Clc1cc(C#CC2CCCCC2)sc1Br. The van der Waals surface area contributed by atoms with Crippen LogP contribution < -0.4 is 0 Å². The highest BCUT2D eigenvalue weighted by Crippen LogP contribution is 2.31. The van der Waals surface area contributed by atoms with Crippen molar-refractivity contribution in [2.24, 2.45) is 5.92 Å². The molecular formula is C12H12BrClS. The number of rotatable bonds is 0. The third kappa shape index (κ3) is 3.24. The lowest BCUT2D eigenvalue weighted by atomic mass is 9.90. The second-order valence-corrected chi connectivity index (χ2v) is 6.61. The molecule has 1 saturated carbocycles. The highest BCUT2D eigenvalue weighted by atomic mass is 79.9. The van der Waals surface area contributed by atoms with E-state index < -0.39 is 0 Å². The maximum Gasteiger partial charge on any atom is 0.0897 e. The van der Waals surface area contributed by atoms with Gasteiger partial charge in [0.25, 0.3) is 0 Å². The predicted octanol–water partition coefficient (Wildman–Crippen LogP) is 5.10. The third-order valence-corrected chi connectivity index (χ3v) is 5.04. The van der Waals surface area contributed by atoms with Crippen LogP contribution in [0.2, 0.25) is 5.02 Å². The van der Waals surface area contributed by atoms with E-state index in [1.807, 2.05) is 6.07 Å². The Morgan fingerprint density at radius 1 is 1.33 bits per heavy atom. The molecule has 1 heterocycles. The van der Waals surface area contributed by atoms with Crippen LogP contribution in [0, 0.1) is 17.8 Å². The smallest absolute Gasteiger partial charge is 0.0897 e. The average molecular weight is 304 g/mol. The second kappa shape index (κ2) is 5.39. The van der Waals surface area contributed by atoms with Gasteiger partial charge in [-0.15, -0.1) is 11.3 Å². The van der Waals surface area contributed by atoms with Crippen molar-refractivity contribution in [2.75, 3.05) is 0 Å². The number of thiophene rings is 1. The zero-order valence-corrected chi connectivity index (χ0v) is 11.5. The van der Waals surface area contributed by atoms with Gasteiger partial charge in [0.05, 0.1) is 13.7 Å². The number of hydrogen-bond acceptors (Lipinski definition) is 1. The minimum Gasteiger partial charge on any atom is -0.118 e. The molecule has 1 aromatic heterocycles. The molecule has 0 amide bonds. The molecule has 0 bridgehead atoms. The van der Waals surface area contributed by atoms with Crippen LogP contribution in [0.3, 0.4) is 0 Å². The average Bonchev–Trinajstić information content (AvgIpc) is 2.57. The van der Waals surface area contributed by atoms with Gasteiger partial charge in [-0.2, -0.15) is 0 Å². The van der Waals surface area contributed by atoms with E-state index in [-0.39, 0.29) is 0 Å². The lowest BCUT2D eigenvalue weighted by Crippen LogP contribution is -2.02. The fourth-order valence-electron chi connectivity index (χ4n) is 1.83.